The van der Waals surface area contributed by atoms with Crippen molar-refractivity contribution in [1.29, 1.82) is 0 Å². The molecule has 2 aliphatic heterocycles. The summed E-state index contributed by atoms with van der Waals surface area (Å²) < 4.78 is 11.8. The van der Waals surface area contributed by atoms with E-state index >= 15 is 0 Å². The lowest BCUT2D eigenvalue weighted by Gasteiger charge is -2.37. The zero-order valence-electron chi connectivity index (χ0n) is 12.0. The lowest BCUT2D eigenvalue weighted by Crippen LogP contribution is -2.49. The summed E-state index contributed by atoms with van der Waals surface area (Å²) in [5.74, 6) is 0.663. The molecular formula is C14H28N2O2. The highest BCUT2D eigenvalue weighted by atomic mass is 16.5. The molecule has 0 radical (unpaired) electrons. The number of nitrogens with one attached hydrogen (secondary N) is 1. The Labute approximate surface area is 111 Å². The van der Waals surface area contributed by atoms with Crippen molar-refractivity contribution in [2.45, 2.75) is 45.4 Å². The maximum absolute atomic E-state index is 6.05. The molecule has 0 aromatic carbocycles. The highest BCUT2D eigenvalue weighted by Gasteiger charge is 2.26. The van der Waals surface area contributed by atoms with Gasteiger partial charge in [-0.05, 0) is 32.7 Å². The first kappa shape index (κ1) is 14.3. The molecule has 2 rings (SSSR count). The van der Waals surface area contributed by atoms with Gasteiger partial charge in [0.2, 0.25) is 0 Å². The van der Waals surface area contributed by atoms with Crippen molar-refractivity contribution < 1.29 is 9.47 Å². The molecule has 1 N–H and O–H groups in total. The quantitative estimate of drug-likeness (QED) is 0.817. The predicted molar refractivity (Wildman–Crippen MR) is 72.8 cm³/mol. The summed E-state index contributed by atoms with van der Waals surface area (Å²) in [4.78, 5) is 2.47. The molecule has 2 heterocycles. The molecule has 4 nitrogen and oxygen atoms in total. The molecule has 0 saturated carbocycles. The smallest absolute Gasteiger partial charge is 0.0935 e. The van der Waals surface area contributed by atoms with E-state index in [1.165, 1.54) is 6.42 Å². The molecular weight excluding hydrogens is 228 g/mol. The standard InChI is InChI=1S/C14H28N2O2/c1-11(2)16-6-7-17-13(9-16)10-18-14-8-15-5-4-12(14)3/h11-15H,4-10H2,1-3H3. The molecule has 0 aromatic rings. The highest BCUT2D eigenvalue weighted by Crippen LogP contribution is 2.16. The van der Waals surface area contributed by atoms with E-state index in [1.54, 1.807) is 0 Å². The van der Waals surface area contributed by atoms with Gasteiger partial charge in [-0.2, -0.15) is 0 Å². The molecule has 2 fully saturated rings. The number of hydrogen-bond acceptors (Lipinski definition) is 4. The SMILES string of the molecule is CC1CCNCC1OCC1CN(C(C)C)CCO1. The molecule has 0 bridgehead atoms. The van der Waals surface area contributed by atoms with E-state index in [4.69, 9.17) is 9.47 Å². The third-order valence-electron chi connectivity index (χ3n) is 4.15. The Morgan fingerprint density at radius 2 is 2.28 bits per heavy atom. The highest BCUT2D eigenvalue weighted by molar-refractivity contribution is 4.78. The monoisotopic (exact) mass is 256 g/mol. The lowest BCUT2D eigenvalue weighted by molar-refractivity contribution is -0.101. The Morgan fingerprint density at radius 1 is 1.44 bits per heavy atom. The first-order valence-electron chi connectivity index (χ1n) is 7.34. The summed E-state index contributed by atoms with van der Waals surface area (Å²) in [5.41, 5.74) is 0. The van der Waals surface area contributed by atoms with Crippen LogP contribution in [-0.2, 0) is 9.47 Å². The zero-order valence-corrected chi connectivity index (χ0v) is 12.0. The number of piperidine rings is 1. The van der Waals surface area contributed by atoms with E-state index < -0.39 is 0 Å². The van der Waals surface area contributed by atoms with Crippen LogP contribution in [0.4, 0.5) is 0 Å². The molecule has 0 amide bonds. The zero-order chi connectivity index (χ0) is 13.0. The molecule has 0 aromatic heterocycles. The third-order valence-corrected chi connectivity index (χ3v) is 4.15. The molecule has 4 heteroatoms. The second-order valence-corrected chi connectivity index (χ2v) is 5.92. The van der Waals surface area contributed by atoms with Crippen LogP contribution in [0.3, 0.4) is 0 Å². The van der Waals surface area contributed by atoms with Gasteiger partial charge in [0.25, 0.3) is 0 Å². The summed E-state index contributed by atoms with van der Waals surface area (Å²) in [7, 11) is 0. The number of hydrogen-bond donors (Lipinski definition) is 1. The molecule has 2 saturated heterocycles. The molecule has 106 valence electrons. The van der Waals surface area contributed by atoms with Crippen molar-refractivity contribution >= 4 is 0 Å². The Hall–Kier alpha value is -0.160. The van der Waals surface area contributed by atoms with Crippen molar-refractivity contribution in [1.82, 2.24) is 10.2 Å². The average Bonchev–Trinajstić information content (AvgIpc) is 2.38. The van der Waals surface area contributed by atoms with Crippen molar-refractivity contribution in [3.05, 3.63) is 0 Å². The van der Waals surface area contributed by atoms with Gasteiger partial charge < -0.3 is 14.8 Å². The topological polar surface area (TPSA) is 33.7 Å². The van der Waals surface area contributed by atoms with Crippen LogP contribution in [0.5, 0.6) is 0 Å². The van der Waals surface area contributed by atoms with Crippen LogP contribution in [0.2, 0.25) is 0 Å². The van der Waals surface area contributed by atoms with Crippen LogP contribution in [0.1, 0.15) is 27.2 Å². The fraction of sp³-hybridized carbons (Fsp3) is 1.00. The first-order valence-corrected chi connectivity index (χ1v) is 7.34. The normalized spacial score (nSPS) is 35.0. The summed E-state index contributed by atoms with van der Waals surface area (Å²) in [6.45, 7) is 12.5. The molecule has 0 aliphatic carbocycles. The van der Waals surface area contributed by atoms with Gasteiger partial charge in [-0.25, -0.2) is 0 Å². The second kappa shape index (κ2) is 6.85. The number of morpholine rings is 1. The second-order valence-electron chi connectivity index (χ2n) is 5.92. The van der Waals surface area contributed by atoms with E-state index in [-0.39, 0.29) is 6.10 Å². The molecule has 0 spiro atoms. The lowest BCUT2D eigenvalue weighted by atomic mass is 9.97. The minimum Gasteiger partial charge on any atom is -0.374 e. The van der Waals surface area contributed by atoms with E-state index in [1.807, 2.05) is 0 Å². The van der Waals surface area contributed by atoms with Crippen molar-refractivity contribution in [2.24, 2.45) is 5.92 Å². The van der Waals surface area contributed by atoms with Gasteiger partial charge in [0, 0.05) is 25.7 Å². The van der Waals surface area contributed by atoms with Gasteiger partial charge >= 0.3 is 0 Å². The van der Waals surface area contributed by atoms with Crippen LogP contribution in [0.25, 0.3) is 0 Å². The number of ether oxygens (including phenoxy) is 2. The average molecular weight is 256 g/mol. The van der Waals surface area contributed by atoms with Crippen LogP contribution in [0.15, 0.2) is 0 Å². The Bertz CT molecular complexity index is 248. The van der Waals surface area contributed by atoms with Gasteiger partial charge in [-0.1, -0.05) is 6.92 Å². The minimum absolute atomic E-state index is 0.246. The molecule has 3 atom stereocenters. The summed E-state index contributed by atoms with van der Waals surface area (Å²) in [5, 5.41) is 3.40. The third kappa shape index (κ3) is 3.92. The maximum Gasteiger partial charge on any atom is 0.0935 e. The maximum atomic E-state index is 6.05. The fourth-order valence-electron chi connectivity index (χ4n) is 2.73. The Morgan fingerprint density at radius 3 is 3.00 bits per heavy atom. The van der Waals surface area contributed by atoms with Crippen LogP contribution in [-0.4, -0.2) is 62.5 Å². The van der Waals surface area contributed by atoms with Gasteiger partial charge in [0.05, 0.1) is 25.4 Å². The summed E-state index contributed by atoms with van der Waals surface area (Å²) in [6.07, 6.45) is 1.82. The van der Waals surface area contributed by atoms with Crippen molar-refractivity contribution in [3.8, 4) is 0 Å². The summed E-state index contributed by atoms with van der Waals surface area (Å²) >= 11 is 0. The van der Waals surface area contributed by atoms with Crippen LogP contribution in [0, 0.1) is 5.92 Å². The van der Waals surface area contributed by atoms with E-state index in [2.05, 4.69) is 31.0 Å². The molecule has 18 heavy (non-hydrogen) atoms. The van der Waals surface area contributed by atoms with Crippen LogP contribution < -0.4 is 5.32 Å². The van der Waals surface area contributed by atoms with Gasteiger partial charge in [-0.15, -0.1) is 0 Å². The number of nitrogens with zero attached hydrogens (tertiary/aromatic N) is 1. The van der Waals surface area contributed by atoms with Gasteiger partial charge in [0.15, 0.2) is 0 Å². The molecule has 2 aliphatic rings. The predicted octanol–water partition coefficient (Wildman–Crippen LogP) is 1.11. The Balaban J connectivity index is 1.72. The van der Waals surface area contributed by atoms with Crippen molar-refractivity contribution in [3.63, 3.8) is 0 Å². The Kier molecular flexibility index (Phi) is 5.42. The van der Waals surface area contributed by atoms with E-state index in [9.17, 15) is 0 Å². The van der Waals surface area contributed by atoms with Gasteiger partial charge in [0.1, 0.15) is 0 Å². The number of rotatable bonds is 4. The van der Waals surface area contributed by atoms with Crippen LogP contribution >= 0.6 is 0 Å². The van der Waals surface area contributed by atoms with Crippen molar-refractivity contribution in [2.75, 3.05) is 39.4 Å². The summed E-state index contributed by atoms with van der Waals surface area (Å²) in [6, 6.07) is 0.603. The van der Waals surface area contributed by atoms with Gasteiger partial charge in [-0.3, -0.25) is 4.90 Å². The van der Waals surface area contributed by atoms with E-state index in [0.717, 1.165) is 39.4 Å². The van der Waals surface area contributed by atoms with E-state index in [0.29, 0.717) is 18.1 Å². The molecule has 3 unspecified atom stereocenters. The minimum atomic E-state index is 0.246. The first-order chi connectivity index (χ1) is 8.66. The largest absolute Gasteiger partial charge is 0.374 e. The fourth-order valence-corrected chi connectivity index (χ4v) is 2.73.